The number of hydrogen-bond acceptors (Lipinski definition) is 4. The van der Waals surface area contributed by atoms with Crippen LogP contribution in [0.1, 0.15) is 11.1 Å². The lowest BCUT2D eigenvalue weighted by Crippen LogP contribution is -2.20. The summed E-state index contributed by atoms with van der Waals surface area (Å²) in [6.07, 6.45) is 0. The normalized spacial score (nSPS) is 10.7. The topological polar surface area (TPSA) is 63.2 Å². The lowest BCUT2D eigenvalue weighted by Gasteiger charge is -2.12. The molecule has 4 rings (SSSR count). The molecule has 1 amide bonds. The Morgan fingerprint density at radius 3 is 2.55 bits per heavy atom. The van der Waals surface area contributed by atoms with Crippen LogP contribution in [-0.2, 0) is 4.79 Å². The Bertz CT molecular complexity index is 1240. The molecule has 0 bridgehead atoms. The summed E-state index contributed by atoms with van der Waals surface area (Å²) in [5.74, 6) is 1.18. The van der Waals surface area contributed by atoms with E-state index in [4.69, 9.17) is 16.3 Å². The van der Waals surface area contributed by atoms with Crippen molar-refractivity contribution in [1.82, 2.24) is 4.98 Å². The van der Waals surface area contributed by atoms with Crippen molar-refractivity contribution >= 4 is 45.6 Å². The SMILES string of the molecule is Cc1ccc(OCC(=O)Nc2ccc3nc(Nc4cccc(Cl)c4)cc(C)c3c2)cc1. The third-order valence-corrected chi connectivity index (χ3v) is 5.02. The Balaban J connectivity index is 1.45. The summed E-state index contributed by atoms with van der Waals surface area (Å²) < 4.78 is 5.54. The van der Waals surface area contributed by atoms with Gasteiger partial charge in [-0.2, -0.15) is 0 Å². The molecule has 0 saturated heterocycles. The number of carbonyl (C=O) groups is 1. The molecule has 0 aliphatic heterocycles. The van der Waals surface area contributed by atoms with Crippen LogP contribution in [0.5, 0.6) is 5.75 Å². The van der Waals surface area contributed by atoms with E-state index in [2.05, 4.69) is 15.6 Å². The molecule has 0 spiro atoms. The van der Waals surface area contributed by atoms with Crippen LogP contribution in [0.2, 0.25) is 5.02 Å². The van der Waals surface area contributed by atoms with Crippen molar-refractivity contribution in [1.29, 1.82) is 0 Å². The van der Waals surface area contributed by atoms with Crippen LogP contribution in [0, 0.1) is 13.8 Å². The number of benzene rings is 3. The molecule has 4 aromatic rings. The molecule has 156 valence electrons. The zero-order valence-electron chi connectivity index (χ0n) is 17.3. The number of aryl methyl sites for hydroxylation is 2. The van der Waals surface area contributed by atoms with Crippen molar-refractivity contribution in [3.05, 3.63) is 88.9 Å². The molecule has 0 aliphatic rings. The highest BCUT2D eigenvalue weighted by molar-refractivity contribution is 6.30. The summed E-state index contributed by atoms with van der Waals surface area (Å²) in [5.41, 5.74) is 4.59. The number of fused-ring (bicyclic) bond motifs is 1. The van der Waals surface area contributed by atoms with Crippen molar-refractivity contribution in [3.63, 3.8) is 0 Å². The van der Waals surface area contributed by atoms with E-state index in [0.29, 0.717) is 16.5 Å². The van der Waals surface area contributed by atoms with Gasteiger partial charge >= 0.3 is 0 Å². The number of ether oxygens (including phenoxy) is 1. The number of anilines is 3. The Morgan fingerprint density at radius 2 is 1.77 bits per heavy atom. The van der Waals surface area contributed by atoms with Gasteiger partial charge in [-0.25, -0.2) is 4.98 Å². The molecule has 3 aromatic carbocycles. The molecule has 0 fully saturated rings. The summed E-state index contributed by atoms with van der Waals surface area (Å²) in [6, 6.07) is 22.7. The van der Waals surface area contributed by atoms with Crippen LogP contribution in [0.3, 0.4) is 0 Å². The summed E-state index contributed by atoms with van der Waals surface area (Å²) in [5, 5.41) is 7.79. The minimum absolute atomic E-state index is 0.0547. The van der Waals surface area contributed by atoms with Crippen molar-refractivity contribution in [3.8, 4) is 5.75 Å². The maximum absolute atomic E-state index is 12.3. The van der Waals surface area contributed by atoms with Gasteiger partial charge < -0.3 is 15.4 Å². The second kappa shape index (κ2) is 9.06. The van der Waals surface area contributed by atoms with Crippen LogP contribution in [0.25, 0.3) is 10.9 Å². The van der Waals surface area contributed by atoms with Gasteiger partial charge in [0, 0.05) is 21.8 Å². The van der Waals surface area contributed by atoms with Gasteiger partial charge in [-0.05, 0) is 74.0 Å². The molecule has 2 N–H and O–H groups in total. The molecule has 1 heterocycles. The summed E-state index contributed by atoms with van der Waals surface area (Å²) in [7, 11) is 0. The number of halogens is 1. The van der Waals surface area contributed by atoms with E-state index in [-0.39, 0.29) is 12.5 Å². The average molecular weight is 432 g/mol. The molecular weight excluding hydrogens is 410 g/mol. The number of amides is 1. The van der Waals surface area contributed by atoms with Crippen molar-refractivity contribution in [2.24, 2.45) is 0 Å². The number of pyridine rings is 1. The fraction of sp³-hybridized carbons (Fsp3) is 0.120. The molecule has 1 aromatic heterocycles. The predicted molar refractivity (Wildman–Crippen MR) is 127 cm³/mol. The first kappa shape index (κ1) is 20.7. The smallest absolute Gasteiger partial charge is 0.262 e. The molecular formula is C25H22ClN3O2. The summed E-state index contributed by atoms with van der Waals surface area (Å²) in [4.78, 5) is 17.0. The minimum Gasteiger partial charge on any atom is -0.484 e. The Hall–Kier alpha value is -3.57. The number of carbonyl (C=O) groups excluding carboxylic acids is 1. The van der Waals surface area contributed by atoms with E-state index in [9.17, 15) is 4.79 Å². The molecule has 5 nitrogen and oxygen atoms in total. The first-order valence-electron chi connectivity index (χ1n) is 9.89. The highest BCUT2D eigenvalue weighted by atomic mass is 35.5. The van der Waals surface area contributed by atoms with Crippen molar-refractivity contribution in [2.45, 2.75) is 13.8 Å². The van der Waals surface area contributed by atoms with Gasteiger partial charge in [0.25, 0.3) is 5.91 Å². The third kappa shape index (κ3) is 5.32. The van der Waals surface area contributed by atoms with E-state index in [1.807, 2.05) is 86.6 Å². The average Bonchev–Trinajstić information content (AvgIpc) is 2.74. The zero-order chi connectivity index (χ0) is 21.8. The lowest BCUT2D eigenvalue weighted by atomic mass is 10.1. The van der Waals surface area contributed by atoms with E-state index < -0.39 is 0 Å². The fourth-order valence-electron chi connectivity index (χ4n) is 3.23. The lowest BCUT2D eigenvalue weighted by molar-refractivity contribution is -0.118. The molecule has 0 unspecified atom stereocenters. The number of nitrogens with one attached hydrogen (secondary N) is 2. The van der Waals surface area contributed by atoms with Gasteiger partial charge in [-0.3, -0.25) is 4.79 Å². The molecule has 0 atom stereocenters. The minimum atomic E-state index is -0.218. The zero-order valence-corrected chi connectivity index (χ0v) is 18.0. The monoisotopic (exact) mass is 431 g/mol. The van der Waals surface area contributed by atoms with E-state index in [0.717, 1.165) is 33.5 Å². The Labute approximate surface area is 186 Å². The van der Waals surface area contributed by atoms with E-state index in [1.54, 1.807) is 0 Å². The number of aromatic nitrogens is 1. The largest absolute Gasteiger partial charge is 0.484 e. The quantitative estimate of drug-likeness (QED) is 0.378. The van der Waals surface area contributed by atoms with Gasteiger partial charge in [0.2, 0.25) is 0 Å². The van der Waals surface area contributed by atoms with E-state index in [1.165, 1.54) is 0 Å². The Morgan fingerprint density at radius 1 is 0.968 bits per heavy atom. The molecule has 0 aliphatic carbocycles. The maximum Gasteiger partial charge on any atom is 0.262 e. The predicted octanol–water partition coefficient (Wildman–Crippen LogP) is 6.27. The first-order valence-corrected chi connectivity index (χ1v) is 10.3. The van der Waals surface area contributed by atoms with Gasteiger partial charge in [-0.1, -0.05) is 35.4 Å². The Kier molecular flexibility index (Phi) is 6.05. The molecule has 6 heteroatoms. The van der Waals surface area contributed by atoms with Crippen LogP contribution in [-0.4, -0.2) is 17.5 Å². The summed E-state index contributed by atoms with van der Waals surface area (Å²) >= 11 is 6.06. The number of rotatable bonds is 6. The maximum atomic E-state index is 12.3. The highest BCUT2D eigenvalue weighted by Gasteiger charge is 2.08. The molecule has 31 heavy (non-hydrogen) atoms. The van der Waals surface area contributed by atoms with Gasteiger partial charge in [-0.15, -0.1) is 0 Å². The van der Waals surface area contributed by atoms with Gasteiger partial charge in [0.15, 0.2) is 6.61 Å². The molecule has 0 radical (unpaired) electrons. The van der Waals surface area contributed by atoms with Gasteiger partial charge in [0.05, 0.1) is 5.52 Å². The van der Waals surface area contributed by atoms with Crippen LogP contribution in [0.4, 0.5) is 17.2 Å². The molecule has 0 saturated carbocycles. The second-order valence-electron chi connectivity index (χ2n) is 7.34. The van der Waals surface area contributed by atoms with Crippen LogP contribution < -0.4 is 15.4 Å². The van der Waals surface area contributed by atoms with Gasteiger partial charge in [0.1, 0.15) is 11.6 Å². The van der Waals surface area contributed by atoms with Crippen molar-refractivity contribution in [2.75, 3.05) is 17.2 Å². The third-order valence-electron chi connectivity index (χ3n) is 4.79. The van der Waals surface area contributed by atoms with Crippen molar-refractivity contribution < 1.29 is 9.53 Å². The number of hydrogen-bond donors (Lipinski definition) is 2. The second-order valence-corrected chi connectivity index (χ2v) is 7.78. The first-order chi connectivity index (χ1) is 15.0. The summed E-state index contributed by atoms with van der Waals surface area (Å²) in [6.45, 7) is 3.96. The highest BCUT2D eigenvalue weighted by Crippen LogP contribution is 2.26. The number of nitrogens with zero attached hydrogens (tertiary/aromatic N) is 1. The van der Waals surface area contributed by atoms with Crippen LogP contribution >= 0.6 is 11.6 Å². The standard InChI is InChI=1S/C25H22ClN3O2/c1-16-6-9-21(10-7-16)31-15-25(30)28-20-8-11-23-22(14-20)17(2)12-24(29-23)27-19-5-3-4-18(26)13-19/h3-14H,15H2,1-2H3,(H,27,29)(H,28,30). The van der Waals surface area contributed by atoms with E-state index >= 15 is 0 Å². The fourth-order valence-corrected chi connectivity index (χ4v) is 3.42. The van der Waals surface area contributed by atoms with Crippen LogP contribution in [0.15, 0.2) is 72.8 Å².